The van der Waals surface area contributed by atoms with Gasteiger partial charge < -0.3 is 0 Å². The summed E-state index contributed by atoms with van der Waals surface area (Å²) in [6.45, 7) is 6.77. The van der Waals surface area contributed by atoms with E-state index in [9.17, 15) is 20.2 Å². The molecule has 2 aliphatic rings. The fourth-order valence-corrected chi connectivity index (χ4v) is 4.12. The predicted molar refractivity (Wildman–Crippen MR) is 90.0 cm³/mol. The van der Waals surface area contributed by atoms with E-state index in [1.807, 2.05) is 0 Å². The number of rotatable bonds is 4. The summed E-state index contributed by atoms with van der Waals surface area (Å²) in [5.41, 5.74) is 3.68. The molecule has 0 radical (unpaired) electrons. The van der Waals surface area contributed by atoms with Gasteiger partial charge in [0, 0.05) is 17.7 Å². The number of anilines is 1. The second-order valence-corrected chi connectivity index (χ2v) is 7.48. The van der Waals surface area contributed by atoms with Crippen molar-refractivity contribution < 1.29 is 9.85 Å². The molecule has 0 heterocycles. The van der Waals surface area contributed by atoms with Crippen molar-refractivity contribution in [1.29, 1.82) is 0 Å². The monoisotopic (exact) mass is 332 g/mol. The zero-order valence-corrected chi connectivity index (χ0v) is 13.9. The van der Waals surface area contributed by atoms with Gasteiger partial charge in [-0.15, -0.1) is 0 Å². The van der Waals surface area contributed by atoms with Gasteiger partial charge in [0.05, 0.1) is 15.9 Å². The quantitative estimate of drug-likeness (QED) is 0.658. The van der Waals surface area contributed by atoms with Crippen LogP contribution in [0.15, 0.2) is 23.3 Å². The lowest BCUT2D eigenvalue weighted by atomic mass is 9.71. The molecule has 1 N–H and O–H groups in total. The van der Waals surface area contributed by atoms with Gasteiger partial charge in [-0.3, -0.25) is 25.7 Å². The first-order valence-corrected chi connectivity index (χ1v) is 7.91. The van der Waals surface area contributed by atoms with Gasteiger partial charge in [-0.25, -0.2) is 0 Å². The number of non-ortho nitro benzene ring substituents is 1. The summed E-state index contributed by atoms with van der Waals surface area (Å²) in [5.74, 6) is 0.368. The van der Waals surface area contributed by atoms with E-state index in [-0.39, 0.29) is 27.9 Å². The van der Waals surface area contributed by atoms with Gasteiger partial charge in [-0.1, -0.05) is 20.8 Å². The zero-order valence-electron chi connectivity index (χ0n) is 13.9. The molecule has 0 spiro atoms. The summed E-state index contributed by atoms with van der Waals surface area (Å²) < 4.78 is 0. The Hall–Kier alpha value is -2.51. The van der Waals surface area contributed by atoms with Crippen molar-refractivity contribution in [3.63, 3.8) is 0 Å². The predicted octanol–water partition coefficient (Wildman–Crippen LogP) is 4.12. The SMILES string of the molecule is CC12CCC(C(=NNc3ccc([N+](=O)[O-])cc3[N+](=O)[O-])C1)C2(C)C. The van der Waals surface area contributed by atoms with Crippen molar-refractivity contribution in [1.82, 2.24) is 0 Å². The van der Waals surface area contributed by atoms with Gasteiger partial charge in [0.25, 0.3) is 5.69 Å². The number of hydrogen-bond acceptors (Lipinski definition) is 6. The van der Waals surface area contributed by atoms with Crippen molar-refractivity contribution in [2.75, 3.05) is 5.43 Å². The molecule has 2 atom stereocenters. The minimum Gasteiger partial charge on any atom is -0.272 e. The number of benzene rings is 1. The minimum atomic E-state index is -0.651. The Morgan fingerprint density at radius 3 is 2.42 bits per heavy atom. The van der Waals surface area contributed by atoms with Crippen molar-refractivity contribution in [3.05, 3.63) is 38.4 Å². The van der Waals surface area contributed by atoms with Gasteiger partial charge >= 0.3 is 5.69 Å². The van der Waals surface area contributed by atoms with E-state index in [0.29, 0.717) is 5.92 Å². The summed E-state index contributed by atoms with van der Waals surface area (Å²) in [5, 5.41) is 26.4. The molecule has 0 aromatic heterocycles. The lowest BCUT2D eigenvalue weighted by Gasteiger charge is -2.33. The zero-order chi connectivity index (χ0) is 17.7. The number of hydrazone groups is 1. The molecular formula is C16H20N4O4. The van der Waals surface area contributed by atoms with E-state index in [4.69, 9.17) is 0 Å². The molecule has 0 saturated heterocycles. The first-order chi connectivity index (χ1) is 11.2. The average molecular weight is 332 g/mol. The maximum atomic E-state index is 11.2. The lowest BCUT2D eigenvalue weighted by Crippen LogP contribution is -2.26. The van der Waals surface area contributed by atoms with Crippen LogP contribution in [0.5, 0.6) is 0 Å². The third-order valence-electron chi connectivity index (χ3n) is 6.09. The molecule has 2 fully saturated rings. The van der Waals surface area contributed by atoms with Crippen LogP contribution in [0.25, 0.3) is 0 Å². The van der Waals surface area contributed by atoms with Crippen LogP contribution in [0.4, 0.5) is 17.1 Å². The largest absolute Gasteiger partial charge is 0.301 e. The fraction of sp³-hybridized carbons (Fsp3) is 0.562. The summed E-state index contributed by atoms with van der Waals surface area (Å²) in [7, 11) is 0. The highest BCUT2D eigenvalue weighted by Gasteiger charge is 2.59. The molecule has 24 heavy (non-hydrogen) atoms. The van der Waals surface area contributed by atoms with E-state index in [2.05, 4.69) is 31.3 Å². The van der Waals surface area contributed by atoms with Gasteiger partial charge in [0.1, 0.15) is 5.69 Å². The Kier molecular flexibility index (Phi) is 3.58. The number of nitro groups is 2. The van der Waals surface area contributed by atoms with Crippen molar-refractivity contribution in [2.45, 2.75) is 40.0 Å². The molecule has 2 bridgehead atoms. The maximum absolute atomic E-state index is 11.2. The van der Waals surface area contributed by atoms with E-state index < -0.39 is 9.85 Å². The molecule has 1 aromatic rings. The number of nitro benzene ring substituents is 2. The van der Waals surface area contributed by atoms with Crippen LogP contribution in [-0.4, -0.2) is 15.6 Å². The van der Waals surface area contributed by atoms with E-state index >= 15 is 0 Å². The molecule has 2 aliphatic carbocycles. The molecule has 0 amide bonds. The standard InChI is InChI=1S/C16H20N4O4/c1-15(2)11-6-7-16(15,3)9-13(11)18-17-12-5-4-10(19(21)22)8-14(12)20(23)24/h4-5,8,11,17H,6-7,9H2,1-3H3. The summed E-state index contributed by atoms with van der Waals surface area (Å²) in [6, 6.07) is 3.52. The van der Waals surface area contributed by atoms with Crippen molar-refractivity contribution in [2.24, 2.45) is 21.8 Å². The molecule has 8 heteroatoms. The lowest BCUT2D eigenvalue weighted by molar-refractivity contribution is -0.393. The first-order valence-electron chi connectivity index (χ1n) is 7.91. The topological polar surface area (TPSA) is 111 Å². The Morgan fingerprint density at radius 2 is 1.92 bits per heavy atom. The minimum absolute atomic E-state index is 0.162. The Balaban J connectivity index is 1.88. The van der Waals surface area contributed by atoms with Crippen LogP contribution in [0.1, 0.15) is 40.0 Å². The van der Waals surface area contributed by atoms with Gasteiger partial charge in [-0.05, 0) is 36.2 Å². The van der Waals surface area contributed by atoms with Crippen molar-refractivity contribution in [3.8, 4) is 0 Å². The van der Waals surface area contributed by atoms with Crippen LogP contribution in [0.3, 0.4) is 0 Å². The van der Waals surface area contributed by atoms with Crippen molar-refractivity contribution >= 4 is 22.8 Å². The third kappa shape index (κ3) is 2.33. The van der Waals surface area contributed by atoms with E-state index in [0.717, 1.165) is 24.6 Å². The molecular weight excluding hydrogens is 312 g/mol. The van der Waals surface area contributed by atoms with Crippen LogP contribution in [0.2, 0.25) is 0 Å². The molecule has 1 aromatic carbocycles. The Morgan fingerprint density at radius 1 is 1.21 bits per heavy atom. The number of hydrogen-bond donors (Lipinski definition) is 1. The van der Waals surface area contributed by atoms with Gasteiger partial charge in [0.2, 0.25) is 0 Å². The summed E-state index contributed by atoms with van der Waals surface area (Å²) >= 11 is 0. The second-order valence-electron chi connectivity index (χ2n) is 7.48. The number of nitrogens with zero attached hydrogens (tertiary/aromatic N) is 3. The number of nitrogens with one attached hydrogen (secondary N) is 1. The highest BCUT2D eigenvalue weighted by atomic mass is 16.6. The fourth-order valence-electron chi connectivity index (χ4n) is 4.12. The normalized spacial score (nSPS) is 29.0. The highest BCUT2D eigenvalue weighted by molar-refractivity contribution is 5.92. The molecule has 3 rings (SSSR count). The van der Waals surface area contributed by atoms with E-state index in [1.54, 1.807) is 0 Å². The van der Waals surface area contributed by atoms with Gasteiger partial charge in [0.15, 0.2) is 0 Å². The van der Waals surface area contributed by atoms with Crippen LogP contribution in [-0.2, 0) is 0 Å². The smallest absolute Gasteiger partial charge is 0.272 e. The Labute approximate surface area is 139 Å². The average Bonchev–Trinajstić information content (AvgIpc) is 2.85. The van der Waals surface area contributed by atoms with Crippen LogP contribution in [0, 0.1) is 37.0 Å². The second kappa shape index (κ2) is 5.25. The first kappa shape index (κ1) is 16.4. The van der Waals surface area contributed by atoms with Gasteiger partial charge in [-0.2, -0.15) is 5.10 Å². The highest BCUT2D eigenvalue weighted by Crippen LogP contribution is 2.64. The summed E-state index contributed by atoms with van der Waals surface area (Å²) in [6.07, 6.45) is 3.12. The van der Waals surface area contributed by atoms with Crippen LogP contribution < -0.4 is 5.43 Å². The maximum Gasteiger partial charge on any atom is 0.301 e. The molecule has 2 unspecified atom stereocenters. The summed E-state index contributed by atoms with van der Waals surface area (Å²) in [4.78, 5) is 20.7. The van der Waals surface area contributed by atoms with Crippen LogP contribution >= 0.6 is 0 Å². The molecule has 2 saturated carbocycles. The molecule has 128 valence electrons. The molecule has 0 aliphatic heterocycles. The van der Waals surface area contributed by atoms with E-state index in [1.165, 1.54) is 18.6 Å². The third-order valence-corrected chi connectivity index (χ3v) is 6.09. The molecule has 8 nitrogen and oxygen atoms in total. The number of fused-ring (bicyclic) bond motifs is 2. The Bertz CT molecular complexity index is 756.